The molecule has 0 saturated carbocycles. The lowest BCUT2D eigenvalue weighted by atomic mass is 10.1. The van der Waals surface area contributed by atoms with Crippen LogP contribution in [0.1, 0.15) is 25.0 Å². The number of aliphatic imine (C=N–C) groups is 1. The average molecular weight is 428 g/mol. The van der Waals surface area contributed by atoms with Crippen molar-refractivity contribution in [1.29, 1.82) is 0 Å². The summed E-state index contributed by atoms with van der Waals surface area (Å²) in [4.78, 5) is 9.41. The fraction of sp³-hybridized carbons (Fsp3) is 0.650. The number of guanidine groups is 1. The molecule has 1 saturated heterocycles. The highest BCUT2D eigenvalue weighted by Crippen LogP contribution is 2.15. The first-order valence-electron chi connectivity index (χ1n) is 10.2. The monoisotopic (exact) mass is 427 g/mol. The number of piperazine rings is 1. The van der Waals surface area contributed by atoms with Gasteiger partial charge in [0.25, 0.3) is 0 Å². The normalized spacial score (nSPS) is 16.8. The van der Waals surface area contributed by atoms with E-state index in [0.717, 1.165) is 45.8 Å². The maximum absolute atomic E-state index is 13.7. The number of sulfone groups is 1. The van der Waals surface area contributed by atoms with Crippen LogP contribution in [-0.2, 0) is 22.1 Å². The van der Waals surface area contributed by atoms with Crippen LogP contribution < -0.4 is 10.6 Å². The van der Waals surface area contributed by atoms with Gasteiger partial charge in [0.2, 0.25) is 0 Å². The minimum atomic E-state index is -3.21. The Kier molecular flexibility index (Phi) is 9.32. The molecule has 29 heavy (non-hydrogen) atoms. The molecule has 0 aromatic heterocycles. The van der Waals surface area contributed by atoms with Crippen LogP contribution in [0.3, 0.4) is 0 Å². The predicted molar refractivity (Wildman–Crippen MR) is 116 cm³/mol. The number of rotatable bonds is 9. The van der Waals surface area contributed by atoms with Crippen LogP contribution in [-0.4, -0.2) is 82.8 Å². The molecule has 0 atom stereocenters. The molecule has 0 unspecified atom stereocenters. The second-order valence-electron chi connectivity index (χ2n) is 7.38. The lowest BCUT2D eigenvalue weighted by molar-refractivity contribution is 0.139. The lowest BCUT2D eigenvalue weighted by Crippen LogP contribution is -2.49. The molecule has 0 aliphatic carbocycles. The molecule has 7 nitrogen and oxygen atoms in total. The van der Waals surface area contributed by atoms with Crippen molar-refractivity contribution < 1.29 is 12.8 Å². The summed E-state index contributed by atoms with van der Waals surface area (Å²) in [6.07, 6.45) is 1.18. The largest absolute Gasteiger partial charge is 0.357 e. The van der Waals surface area contributed by atoms with E-state index in [0.29, 0.717) is 23.6 Å². The van der Waals surface area contributed by atoms with Crippen molar-refractivity contribution >= 4 is 15.8 Å². The molecular formula is C20H34FN5O2S. The molecule has 164 valence electrons. The standard InChI is InChI=1S/C20H34FN5O2S/c1-4-22-20(23-8-9-26-12-10-25(5-2)11-13-26)24-15-18-14-19(21)7-6-17(18)16-29(3,27)28/h6-7,14H,4-5,8-13,15-16H2,1-3H3,(H2,22,23,24). The third-order valence-corrected chi connectivity index (χ3v) is 5.81. The number of benzene rings is 1. The Morgan fingerprint density at radius 2 is 1.79 bits per heavy atom. The summed E-state index contributed by atoms with van der Waals surface area (Å²) in [5, 5.41) is 6.51. The number of hydrogen-bond donors (Lipinski definition) is 2. The molecule has 1 aliphatic heterocycles. The van der Waals surface area contributed by atoms with Gasteiger partial charge in [-0.05, 0) is 36.7 Å². The molecule has 1 aromatic rings. The summed E-state index contributed by atoms with van der Waals surface area (Å²) in [6.45, 7) is 12.2. The maximum atomic E-state index is 13.7. The van der Waals surface area contributed by atoms with Crippen molar-refractivity contribution in [1.82, 2.24) is 20.4 Å². The van der Waals surface area contributed by atoms with E-state index in [2.05, 4.69) is 32.3 Å². The van der Waals surface area contributed by atoms with Crippen molar-refractivity contribution in [3.05, 3.63) is 35.1 Å². The molecule has 2 N–H and O–H groups in total. The van der Waals surface area contributed by atoms with E-state index >= 15 is 0 Å². The summed E-state index contributed by atoms with van der Waals surface area (Å²) in [5.41, 5.74) is 1.17. The zero-order valence-corrected chi connectivity index (χ0v) is 18.6. The lowest BCUT2D eigenvalue weighted by Gasteiger charge is -2.34. The number of likely N-dealkylation sites (N-methyl/N-ethyl adjacent to an activating group) is 1. The molecule has 1 heterocycles. The fourth-order valence-corrected chi connectivity index (χ4v) is 4.18. The van der Waals surface area contributed by atoms with E-state index in [1.807, 2.05) is 6.92 Å². The Bertz CT molecular complexity index is 777. The van der Waals surface area contributed by atoms with Crippen molar-refractivity contribution in [2.45, 2.75) is 26.1 Å². The predicted octanol–water partition coefficient (Wildman–Crippen LogP) is 1.06. The van der Waals surface area contributed by atoms with E-state index in [4.69, 9.17) is 0 Å². The van der Waals surface area contributed by atoms with E-state index in [1.165, 1.54) is 24.5 Å². The van der Waals surface area contributed by atoms with Gasteiger partial charge in [-0.1, -0.05) is 13.0 Å². The Hall–Kier alpha value is -1.71. The molecule has 0 radical (unpaired) electrons. The Labute approximate surface area is 174 Å². The highest BCUT2D eigenvalue weighted by Gasteiger charge is 2.15. The third-order valence-electron chi connectivity index (χ3n) is 4.97. The van der Waals surface area contributed by atoms with Gasteiger partial charge >= 0.3 is 0 Å². The topological polar surface area (TPSA) is 77.0 Å². The summed E-state index contributed by atoms with van der Waals surface area (Å²) >= 11 is 0. The number of nitrogens with one attached hydrogen (secondary N) is 2. The van der Waals surface area contributed by atoms with E-state index in [9.17, 15) is 12.8 Å². The minimum absolute atomic E-state index is 0.119. The van der Waals surface area contributed by atoms with E-state index in [1.54, 1.807) is 0 Å². The van der Waals surface area contributed by atoms with Gasteiger partial charge in [-0.2, -0.15) is 0 Å². The summed E-state index contributed by atoms with van der Waals surface area (Å²) in [6, 6.07) is 4.17. The second-order valence-corrected chi connectivity index (χ2v) is 9.52. The van der Waals surface area contributed by atoms with Crippen LogP contribution in [0.15, 0.2) is 23.2 Å². The van der Waals surface area contributed by atoms with Crippen LogP contribution >= 0.6 is 0 Å². The number of nitrogens with zero attached hydrogens (tertiary/aromatic N) is 3. The third kappa shape index (κ3) is 8.67. The van der Waals surface area contributed by atoms with Crippen LogP contribution in [0.5, 0.6) is 0 Å². The number of halogens is 1. The van der Waals surface area contributed by atoms with Crippen molar-refractivity contribution in [2.24, 2.45) is 4.99 Å². The Morgan fingerprint density at radius 1 is 1.10 bits per heavy atom. The van der Waals surface area contributed by atoms with Gasteiger partial charge in [0.05, 0.1) is 12.3 Å². The smallest absolute Gasteiger partial charge is 0.191 e. The Morgan fingerprint density at radius 3 is 2.41 bits per heavy atom. The van der Waals surface area contributed by atoms with Crippen molar-refractivity contribution in [3.8, 4) is 0 Å². The van der Waals surface area contributed by atoms with E-state index < -0.39 is 15.7 Å². The highest BCUT2D eigenvalue weighted by molar-refractivity contribution is 7.89. The SMILES string of the molecule is CCNC(=NCc1cc(F)ccc1CS(C)(=O)=O)NCCN1CCN(CC)CC1. The maximum Gasteiger partial charge on any atom is 0.191 e. The Balaban J connectivity index is 1.94. The molecule has 0 bridgehead atoms. The van der Waals surface area contributed by atoms with Gasteiger partial charge in [0, 0.05) is 52.1 Å². The molecule has 1 fully saturated rings. The zero-order valence-electron chi connectivity index (χ0n) is 17.7. The summed E-state index contributed by atoms with van der Waals surface area (Å²) < 4.78 is 37.0. The van der Waals surface area contributed by atoms with Crippen LogP contribution in [0.25, 0.3) is 0 Å². The fourth-order valence-electron chi connectivity index (χ4n) is 3.33. The molecule has 1 aromatic carbocycles. The zero-order chi connectivity index (χ0) is 21.3. The van der Waals surface area contributed by atoms with Crippen LogP contribution in [0.4, 0.5) is 4.39 Å². The first-order chi connectivity index (χ1) is 13.8. The summed E-state index contributed by atoms with van der Waals surface area (Å²) in [7, 11) is -3.21. The molecule has 9 heteroatoms. The van der Waals surface area contributed by atoms with Gasteiger partial charge in [-0.25, -0.2) is 17.8 Å². The van der Waals surface area contributed by atoms with Gasteiger partial charge in [0.1, 0.15) is 5.82 Å². The quantitative estimate of drug-likeness (QED) is 0.453. The van der Waals surface area contributed by atoms with Crippen LogP contribution in [0, 0.1) is 5.82 Å². The molecule has 1 aliphatic rings. The average Bonchev–Trinajstić information content (AvgIpc) is 2.67. The molecule has 0 spiro atoms. The van der Waals surface area contributed by atoms with Crippen LogP contribution in [0.2, 0.25) is 0 Å². The second kappa shape index (κ2) is 11.5. The van der Waals surface area contributed by atoms with Gasteiger partial charge in [-0.3, -0.25) is 4.90 Å². The van der Waals surface area contributed by atoms with E-state index in [-0.39, 0.29) is 12.3 Å². The minimum Gasteiger partial charge on any atom is -0.357 e. The number of hydrogen-bond acceptors (Lipinski definition) is 5. The first-order valence-corrected chi connectivity index (χ1v) is 12.3. The molecule has 0 amide bonds. The van der Waals surface area contributed by atoms with Gasteiger partial charge in [-0.15, -0.1) is 0 Å². The van der Waals surface area contributed by atoms with Crippen molar-refractivity contribution in [2.75, 3.05) is 58.6 Å². The van der Waals surface area contributed by atoms with Gasteiger partial charge in [0.15, 0.2) is 15.8 Å². The van der Waals surface area contributed by atoms with Gasteiger partial charge < -0.3 is 15.5 Å². The molecule has 2 rings (SSSR count). The van der Waals surface area contributed by atoms with Crippen molar-refractivity contribution in [3.63, 3.8) is 0 Å². The highest BCUT2D eigenvalue weighted by atomic mass is 32.2. The molecular weight excluding hydrogens is 393 g/mol. The first kappa shape index (κ1) is 23.6. The summed E-state index contributed by atoms with van der Waals surface area (Å²) in [5.74, 6) is 0.136.